The summed E-state index contributed by atoms with van der Waals surface area (Å²) in [7, 11) is 1.59. The van der Waals surface area contributed by atoms with Crippen molar-refractivity contribution in [3.05, 3.63) is 41.6 Å². The molecular weight excluding hydrogens is 354 g/mol. The zero-order valence-electron chi connectivity index (χ0n) is 15.0. The van der Waals surface area contributed by atoms with Crippen LogP contribution in [0.15, 0.2) is 30.5 Å². The number of aromatic nitrogens is 2. The molecule has 1 aromatic carbocycles. The summed E-state index contributed by atoms with van der Waals surface area (Å²) in [6.07, 6.45) is 1.28. The highest BCUT2D eigenvalue weighted by Gasteiger charge is 2.41. The van der Waals surface area contributed by atoms with Crippen LogP contribution in [-0.4, -0.2) is 35.3 Å². The Hall–Kier alpha value is -2.64. The molecule has 1 aliphatic heterocycles. The van der Waals surface area contributed by atoms with Gasteiger partial charge in [-0.15, -0.1) is 0 Å². The molecule has 27 heavy (non-hydrogen) atoms. The molecule has 2 aliphatic rings. The summed E-state index contributed by atoms with van der Waals surface area (Å²) in [4.78, 5) is 12.6. The van der Waals surface area contributed by atoms with E-state index >= 15 is 0 Å². The second-order valence-electron chi connectivity index (χ2n) is 7.11. The van der Waals surface area contributed by atoms with Gasteiger partial charge >= 0.3 is 0 Å². The molecule has 8 heteroatoms. The lowest BCUT2D eigenvalue weighted by Gasteiger charge is -2.32. The lowest BCUT2D eigenvalue weighted by atomic mass is 10.00. The number of amides is 1. The second-order valence-corrected chi connectivity index (χ2v) is 7.11. The molecule has 2 heterocycles. The first kappa shape index (κ1) is 17.8. The number of carbonyl (C=O) groups is 1. The Morgan fingerprint density at radius 1 is 1.37 bits per heavy atom. The highest BCUT2D eigenvalue weighted by Crippen LogP contribution is 2.42. The van der Waals surface area contributed by atoms with Crippen LogP contribution < -0.4 is 15.4 Å². The van der Waals surface area contributed by atoms with E-state index < -0.39 is 12.5 Å². The number of fused-ring (bicyclic) bond motifs is 1. The van der Waals surface area contributed by atoms with Gasteiger partial charge < -0.3 is 15.4 Å². The molecular formula is C19H22F2N4O2. The van der Waals surface area contributed by atoms with Crippen LogP contribution in [0.1, 0.15) is 41.2 Å². The van der Waals surface area contributed by atoms with Crippen molar-refractivity contribution in [1.29, 1.82) is 0 Å². The van der Waals surface area contributed by atoms with E-state index in [0.29, 0.717) is 30.3 Å². The first-order valence-corrected chi connectivity index (χ1v) is 9.10. The topological polar surface area (TPSA) is 68.2 Å². The summed E-state index contributed by atoms with van der Waals surface area (Å²) >= 11 is 0. The van der Waals surface area contributed by atoms with E-state index in [1.807, 2.05) is 24.3 Å². The van der Waals surface area contributed by atoms with Crippen molar-refractivity contribution in [1.82, 2.24) is 15.1 Å². The molecule has 0 spiro atoms. The van der Waals surface area contributed by atoms with Gasteiger partial charge in [0.15, 0.2) is 0 Å². The number of benzene rings is 1. The third-order valence-corrected chi connectivity index (χ3v) is 5.27. The molecule has 2 unspecified atom stereocenters. The maximum atomic E-state index is 13.5. The summed E-state index contributed by atoms with van der Waals surface area (Å²) < 4.78 is 33.4. The van der Waals surface area contributed by atoms with Gasteiger partial charge in [-0.1, -0.05) is 12.1 Å². The Kier molecular flexibility index (Phi) is 4.72. The van der Waals surface area contributed by atoms with Crippen LogP contribution in [0.2, 0.25) is 0 Å². The average molecular weight is 376 g/mol. The van der Waals surface area contributed by atoms with Gasteiger partial charge in [0, 0.05) is 12.6 Å². The van der Waals surface area contributed by atoms with Crippen molar-refractivity contribution in [2.45, 2.75) is 44.3 Å². The molecule has 1 aromatic heterocycles. The molecule has 2 aromatic rings. The molecule has 4 rings (SSSR count). The predicted octanol–water partition coefficient (Wildman–Crippen LogP) is 3.22. The number of carbonyl (C=O) groups excluding carboxylic acids is 1. The molecule has 144 valence electrons. The van der Waals surface area contributed by atoms with E-state index in [-0.39, 0.29) is 11.9 Å². The molecule has 0 bridgehead atoms. The van der Waals surface area contributed by atoms with Crippen molar-refractivity contribution in [3.63, 3.8) is 0 Å². The van der Waals surface area contributed by atoms with Crippen LogP contribution in [-0.2, 0) is 6.54 Å². The average Bonchev–Trinajstić information content (AvgIpc) is 3.45. The van der Waals surface area contributed by atoms with E-state index in [1.165, 1.54) is 10.9 Å². The number of rotatable bonds is 6. The van der Waals surface area contributed by atoms with E-state index in [4.69, 9.17) is 4.74 Å². The van der Waals surface area contributed by atoms with Gasteiger partial charge in [-0.05, 0) is 42.9 Å². The number of alkyl halides is 2. The molecule has 1 saturated carbocycles. The Balaban J connectivity index is 1.49. The smallest absolute Gasteiger partial charge is 0.260 e. The molecule has 0 saturated heterocycles. The van der Waals surface area contributed by atoms with Gasteiger partial charge in [0.25, 0.3) is 12.3 Å². The first-order valence-electron chi connectivity index (χ1n) is 9.10. The van der Waals surface area contributed by atoms with Gasteiger partial charge in [0.2, 0.25) is 0 Å². The maximum Gasteiger partial charge on any atom is 0.260 e. The summed E-state index contributed by atoms with van der Waals surface area (Å²) in [5, 5.41) is 10.2. The van der Waals surface area contributed by atoms with E-state index in [1.54, 1.807) is 7.11 Å². The Morgan fingerprint density at radius 3 is 2.74 bits per heavy atom. The first-order chi connectivity index (χ1) is 13.1. The number of halogens is 2. The largest absolute Gasteiger partial charge is 0.497 e. The highest BCUT2D eigenvalue weighted by atomic mass is 19.3. The SMILES string of the molecule is COc1ccc(CNC(=O)c2cnn3c2NC(C2CC2)CC3C(F)F)cc1. The van der Waals surface area contributed by atoms with Crippen molar-refractivity contribution in [2.75, 3.05) is 12.4 Å². The summed E-state index contributed by atoms with van der Waals surface area (Å²) in [5.74, 6) is 1.22. The minimum Gasteiger partial charge on any atom is -0.497 e. The van der Waals surface area contributed by atoms with Gasteiger partial charge in [0.05, 0.1) is 13.3 Å². The van der Waals surface area contributed by atoms with E-state index in [0.717, 1.165) is 24.2 Å². The number of nitrogens with one attached hydrogen (secondary N) is 2. The van der Waals surface area contributed by atoms with E-state index in [2.05, 4.69) is 15.7 Å². The minimum absolute atomic E-state index is 0.0265. The van der Waals surface area contributed by atoms with E-state index in [9.17, 15) is 13.6 Å². The van der Waals surface area contributed by atoms with Crippen molar-refractivity contribution >= 4 is 11.7 Å². The van der Waals surface area contributed by atoms with Crippen molar-refractivity contribution in [3.8, 4) is 5.75 Å². The van der Waals surface area contributed by atoms with Crippen molar-refractivity contribution in [2.24, 2.45) is 5.92 Å². The van der Waals surface area contributed by atoms with Crippen molar-refractivity contribution < 1.29 is 18.3 Å². The zero-order valence-corrected chi connectivity index (χ0v) is 15.0. The number of anilines is 1. The van der Waals surface area contributed by atoms with Crippen LogP contribution >= 0.6 is 0 Å². The number of nitrogens with zero attached hydrogens (tertiary/aromatic N) is 2. The molecule has 1 fully saturated rings. The highest BCUT2D eigenvalue weighted by molar-refractivity contribution is 5.98. The van der Waals surface area contributed by atoms with Gasteiger partial charge in [-0.2, -0.15) is 5.10 Å². The van der Waals surface area contributed by atoms with Gasteiger partial charge in [0.1, 0.15) is 23.2 Å². The lowest BCUT2D eigenvalue weighted by Crippen LogP contribution is -2.37. The standard InChI is InChI=1S/C19H22F2N4O2/c1-27-13-6-2-11(3-7-13)9-22-19(26)14-10-23-25-16(17(20)21)8-15(12-4-5-12)24-18(14)25/h2-3,6-7,10,12,15-17,24H,4-5,8-9H2,1H3,(H,22,26). The second kappa shape index (κ2) is 7.17. The van der Waals surface area contributed by atoms with Crippen LogP contribution in [0, 0.1) is 5.92 Å². The molecule has 1 aliphatic carbocycles. The fourth-order valence-electron chi connectivity index (χ4n) is 3.56. The lowest BCUT2D eigenvalue weighted by molar-refractivity contribution is 0.0644. The Bertz CT molecular complexity index is 818. The normalized spacial score (nSPS) is 21.5. The molecule has 2 N–H and O–H groups in total. The number of hydrogen-bond donors (Lipinski definition) is 2. The zero-order chi connectivity index (χ0) is 19.0. The third-order valence-electron chi connectivity index (χ3n) is 5.27. The van der Waals surface area contributed by atoms with Crippen LogP contribution in [0.3, 0.4) is 0 Å². The molecule has 0 radical (unpaired) electrons. The number of methoxy groups -OCH3 is 1. The van der Waals surface area contributed by atoms with Gasteiger partial charge in [-0.3, -0.25) is 4.79 Å². The molecule has 1 amide bonds. The quantitative estimate of drug-likeness (QED) is 0.812. The fourth-order valence-corrected chi connectivity index (χ4v) is 3.56. The predicted molar refractivity (Wildman–Crippen MR) is 96.2 cm³/mol. The summed E-state index contributed by atoms with van der Waals surface area (Å²) in [5.41, 5.74) is 1.22. The van der Waals surface area contributed by atoms with Crippen LogP contribution in [0.5, 0.6) is 5.75 Å². The number of hydrogen-bond acceptors (Lipinski definition) is 4. The fraction of sp³-hybridized carbons (Fsp3) is 0.474. The monoisotopic (exact) mass is 376 g/mol. The van der Waals surface area contributed by atoms with Crippen LogP contribution in [0.25, 0.3) is 0 Å². The number of ether oxygens (including phenoxy) is 1. The summed E-state index contributed by atoms with van der Waals surface area (Å²) in [6, 6.07) is 6.34. The molecule has 2 atom stereocenters. The maximum absolute atomic E-state index is 13.5. The Labute approximate surface area is 155 Å². The third kappa shape index (κ3) is 3.61. The molecule has 6 nitrogen and oxygen atoms in total. The summed E-state index contributed by atoms with van der Waals surface area (Å²) in [6.45, 7) is 0.331. The van der Waals surface area contributed by atoms with Gasteiger partial charge in [-0.25, -0.2) is 13.5 Å². The Morgan fingerprint density at radius 2 is 2.11 bits per heavy atom. The van der Waals surface area contributed by atoms with Crippen LogP contribution in [0.4, 0.5) is 14.6 Å². The minimum atomic E-state index is -2.51.